The molecule has 2 atom stereocenters. The fourth-order valence-electron chi connectivity index (χ4n) is 4.48. The molecule has 1 unspecified atom stereocenters. The summed E-state index contributed by atoms with van der Waals surface area (Å²) in [4.78, 5) is 18.0. The molecule has 3 heterocycles. The Balaban J connectivity index is 1.32. The van der Waals surface area contributed by atoms with Crippen molar-refractivity contribution in [1.29, 1.82) is 0 Å². The highest BCUT2D eigenvalue weighted by molar-refractivity contribution is 9.10. The maximum atomic E-state index is 13.6. The van der Waals surface area contributed by atoms with Crippen LogP contribution in [0.15, 0.2) is 81.4 Å². The zero-order chi connectivity index (χ0) is 28.4. The molecule has 0 aliphatic carbocycles. The molecule has 0 fully saturated rings. The predicted octanol–water partition coefficient (Wildman–Crippen LogP) is 5.48. The number of alkyl halides is 3. The van der Waals surface area contributed by atoms with Crippen molar-refractivity contribution in [3.8, 4) is 0 Å². The summed E-state index contributed by atoms with van der Waals surface area (Å²) < 4.78 is 47.5. The van der Waals surface area contributed by atoms with Gasteiger partial charge in [0.1, 0.15) is 6.61 Å². The Bertz CT molecular complexity index is 1480. The number of nitrogens with zero attached hydrogens (tertiary/aromatic N) is 5. The largest absolute Gasteiger partial charge is 0.470 e. The zero-order valence-corrected chi connectivity index (χ0v) is 22.7. The summed E-state index contributed by atoms with van der Waals surface area (Å²) in [5.41, 5.74) is 5.01. The van der Waals surface area contributed by atoms with Crippen LogP contribution in [0.3, 0.4) is 0 Å². The van der Waals surface area contributed by atoms with Crippen LogP contribution < -0.4 is 5.43 Å². The molecule has 2 aliphatic rings. The lowest BCUT2D eigenvalue weighted by Crippen LogP contribution is -2.49. The van der Waals surface area contributed by atoms with Gasteiger partial charge in [-0.15, -0.1) is 5.10 Å². The Kier molecular flexibility index (Phi) is 7.66. The molecule has 1 aromatic heterocycles. The molecule has 0 bridgehead atoms. The summed E-state index contributed by atoms with van der Waals surface area (Å²) in [6.07, 6.45) is -7.29. The lowest BCUT2D eigenvalue weighted by molar-refractivity contribution is -0.178. The molecule has 0 saturated carbocycles. The van der Waals surface area contributed by atoms with Gasteiger partial charge in [-0.3, -0.25) is 15.3 Å². The van der Waals surface area contributed by atoms with E-state index in [9.17, 15) is 23.1 Å². The molecule has 2 aromatic carbocycles. The van der Waals surface area contributed by atoms with E-state index >= 15 is 0 Å². The SMILES string of the molecule is C[C@@H](c1cccc(COC2=NN3C(=NNC3C(F)(F)F)c3ccccc32)n1)N(CCc1cccc(Br)c1)C(=O)O. The van der Waals surface area contributed by atoms with Crippen LogP contribution in [-0.2, 0) is 17.8 Å². The Morgan fingerprint density at radius 3 is 2.62 bits per heavy atom. The number of carboxylic acid groups (broad SMARTS) is 1. The highest BCUT2D eigenvalue weighted by atomic mass is 79.9. The fourth-order valence-corrected chi connectivity index (χ4v) is 4.93. The fraction of sp³-hybridized carbons (Fsp3) is 0.259. The van der Waals surface area contributed by atoms with Crippen molar-refractivity contribution in [2.75, 3.05) is 6.54 Å². The third-order valence-electron chi connectivity index (χ3n) is 6.52. The van der Waals surface area contributed by atoms with Crippen molar-refractivity contribution in [2.24, 2.45) is 10.2 Å². The summed E-state index contributed by atoms with van der Waals surface area (Å²) >= 11 is 3.43. The second-order valence-electron chi connectivity index (χ2n) is 9.18. The summed E-state index contributed by atoms with van der Waals surface area (Å²) in [5, 5.41) is 18.6. The Morgan fingerprint density at radius 1 is 1.15 bits per heavy atom. The van der Waals surface area contributed by atoms with Crippen molar-refractivity contribution in [3.63, 3.8) is 0 Å². The smallest absolute Gasteiger partial charge is 0.430 e. The van der Waals surface area contributed by atoms with Crippen LogP contribution in [0.4, 0.5) is 18.0 Å². The molecule has 0 spiro atoms. The van der Waals surface area contributed by atoms with Crippen LogP contribution in [-0.4, -0.2) is 56.7 Å². The molecule has 2 N–H and O–H groups in total. The van der Waals surface area contributed by atoms with Crippen molar-refractivity contribution in [2.45, 2.75) is 38.3 Å². The number of fused-ring (bicyclic) bond motifs is 3. The predicted molar refractivity (Wildman–Crippen MR) is 144 cm³/mol. The molecule has 5 rings (SSSR count). The van der Waals surface area contributed by atoms with E-state index in [-0.39, 0.29) is 24.9 Å². The van der Waals surface area contributed by atoms with E-state index in [1.807, 2.05) is 24.3 Å². The lowest BCUT2D eigenvalue weighted by atomic mass is 10.0. The molecular formula is C27H24BrF3N6O3. The van der Waals surface area contributed by atoms with Gasteiger partial charge >= 0.3 is 12.3 Å². The maximum Gasteiger partial charge on any atom is 0.430 e. The molecular weight excluding hydrogens is 593 g/mol. The number of aromatic nitrogens is 1. The van der Waals surface area contributed by atoms with E-state index in [1.165, 1.54) is 4.90 Å². The topological polar surface area (TPSA) is 103 Å². The Morgan fingerprint density at radius 2 is 1.90 bits per heavy atom. The van der Waals surface area contributed by atoms with Crippen LogP contribution in [0.25, 0.3) is 0 Å². The number of pyridine rings is 1. The Hall–Kier alpha value is -4.13. The van der Waals surface area contributed by atoms with Gasteiger partial charge in [0.15, 0.2) is 5.84 Å². The average molecular weight is 617 g/mol. The number of hydrogen-bond donors (Lipinski definition) is 2. The maximum absolute atomic E-state index is 13.6. The highest BCUT2D eigenvalue weighted by Gasteiger charge is 2.50. The number of halogens is 4. The third-order valence-corrected chi connectivity index (χ3v) is 7.01. The Labute approximate surface area is 236 Å². The zero-order valence-electron chi connectivity index (χ0n) is 21.1. The molecule has 0 saturated heterocycles. The van der Waals surface area contributed by atoms with Crippen molar-refractivity contribution in [3.05, 3.63) is 99.3 Å². The first kappa shape index (κ1) is 27.4. The number of carbonyl (C=O) groups is 1. The van der Waals surface area contributed by atoms with Crippen molar-refractivity contribution >= 4 is 33.8 Å². The molecule has 40 heavy (non-hydrogen) atoms. The minimum Gasteiger partial charge on any atom is -0.470 e. The molecule has 208 valence electrons. The number of hydrogen-bond acceptors (Lipinski definition) is 7. The number of rotatable bonds is 7. The van der Waals surface area contributed by atoms with Crippen LogP contribution >= 0.6 is 15.9 Å². The van der Waals surface area contributed by atoms with E-state index < -0.39 is 24.5 Å². The summed E-state index contributed by atoms with van der Waals surface area (Å²) in [6, 6.07) is 19.0. The number of amides is 1. The van der Waals surface area contributed by atoms with Gasteiger partial charge in [-0.1, -0.05) is 52.3 Å². The summed E-state index contributed by atoms with van der Waals surface area (Å²) in [6.45, 7) is 1.92. The number of benzene rings is 2. The first-order valence-electron chi connectivity index (χ1n) is 12.3. The number of hydrazone groups is 2. The van der Waals surface area contributed by atoms with E-state index in [0.29, 0.717) is 28.9 Å². The van der Waals surface area contributed by atoms with Crippen LogP contribution in [0.5, 0.6) is 0 Å². The number of amidine groups is 1. The van der Waals surface area contributed by atoms with E-state index in [1.54, 1.807) is 49.4 Å². The van der Waals surface area contributed by atoms with Crippen molar-refractivity contribution < 1.29 is 27.8 Å². The second-order valence-corrected chi connectivity index (χ2v) is 10.1. The van der Waals surface area contributed by atoms with Crippen molar-refractivity contribution in [1.82, 2.24) is 20.3 Å². The second kappa shape index (κ2) is 11.2. The van der Waals surface area contributed by atoms with Gasteiger partial charge in [-0.25, -0.2) is 9.80 Å². The monoisotopic (exact) mass is 616 g/mol. The minimum absolute atomic E-state index is 0.00561. The van der Waals surface area contributed by atoms with Crippen LogP contribution in [0, 0.1) is 0 Å². The van der Waals surface area contributed by atoms with Gasteiger partial charge in [0, 0.05) is 22.1 Å². The molecule has 0 radical (unpaired) electrons. The van der Waals surface area contributed by atoms with Crippen LogP contribution in [0.2, 0.25) is 0 Å². The summed E-state index contributed by atoms with van der Waals surface area (Å²) in [7, 11) is 0. The summed E-state index contributed by atoms with van der Waals surface area (Å²) in [5.74, 6) is 0.0461. The quantitative estimate of drug-likeness (QED) is 0.365. The van der Waals surface area contributed by atoms with Gasteiger partial charge in [-0.2, -0.15) is 18.3 Å². The van der Waals surface area contributed by atoms with E-state index in [0.717, 1.165) is 15.0 Å². The van der Waals surface area contributed by atoms with Gasteiger partial charge < -0.3 is 9.84 Å². The standard InChI is InChI=1S/C27H24BrF3N6O3/c1-16(36(26(38)39)13-12-17-6-4-7-18(28)14-17)22-11-5-8-19(32-22)15-40-24-21-10-3-2-9-20(21)23-33-34-25(27(29,30)31)37(23)35-24/h2-11,14,16,25,34H,12-13,15H2,1H3,(H,38,39)/t16-,25?/m0/s1. The third kappa shape index (κ3) is 5.74. The normalized spacial score (nSPS) is 16.7. The number of nitrogens with one attached hydrogen (secondary N) is 1. The van der Waals surface area contributed by atoms with Gasteiger partial charge in [0.05, 0.1) is 17.4 Å². The molecule has 13 heteroatoms. The van der Waals surface area contributed by atoms with Gasteiger partial charge in [0.25, 0.3) is 0 Å². The first-order valence-corrected chi connectivity index (χ1v) is 13.1. The average Bonchev–Trinajstić information content (AvgIpc) is 3.37. The van der Waals surface area contributed by atoms with Gasteiger partial charge in [0.2, 0.25) is 12.1 Å². The molecule has 1 amide bonds. The first-order chi connectivity index (χ1) is 19.1. The number of ether oxygens (including phenoxy) is 1. The van der Waals surface area contributed by atoms with Crippen LogP contribution in [0.1, 0.15) is 41.0 Å². The lowest BCUT2D eigenvalue weighted by Gasteiger charge is -2.28. The van der Waals surface area contributed by atoms with E-state index in [2.05, 4.69) is 36.5 Å². The molecule has 3 aromatic rings. The van der Waals surface area contributed by atoms with E-state index in [4.69, 9.17) is 4.74 Å². The minimum atomic E-state index is -4.62. The highest BCUT2D eigenvalue weighted by Crippen LogP contribution is 2.32. The van der Waals surface area contributed by atoms with Gasteiger partial charge in [-0.05, 0) is 49.2 Å². The molecule has 9 nitrogen and oxygen atoms in total. The molecule has 2 aliphatic heterocycles.